The Bertz CT molecular complexity index is 4100. The Labute approximate surface area is 406 Å². The van der Waals surface area contributed by atoms with E-state index in [1.54, 1.807) is 0 Å². The molecule has 10 aromatic carbocycles. The molecule has 0 N–H and O–H groups in total. The number of hydrogen-bond donors (Lipinski definition) is 0. The monoisotopic (exact) mass is 908 g/mol. The maximum Gasteiger partial charge on any atom is 0.180 e. The van der Waals surface area contributed by atoms with Crippen molar-refractivity contribution in [1.29, 1.82) is 0 Å². The van der Waals surface area contributed by atoms with Gasteiger partial charge >= 0.3 is 0 Å². The number of hydrogen-bond acceptors (Lipinski definition) is 1. The normalized spacial score (nSPS) is 12.0. The zero-order chi connectivity index (χ0) is 46.2. The Morgan fingerprint density at radius 3 is 1.16 bits per heavy atom. The number of rotatable bonds is 8. The molecule has 70 heavy (non-hydrogen) atoms. The minimum absolute atomic E-state index is 0.860. The molecule has 0 aliphatic heterocycles. The molecular weight excluding hydrogens is 865 g/mol. The van der Waals surface area contributed by atoms with Crippen LogP contribution in [0.4, 0.5) is 0 Å². The van der Waals surface area contributed by atoms with Crippen molar-refractivity contribution in [3.63, 3.8) is 0 Å². The van der Waals surface area contributed by atoms with E-state index in [-0.39, 0.29) is 0 Å². The number of para-hydroxylation sites is 5. The molecule has 0 bridgehead atoms. The van der Waals surface area contributed by atoms with Crippen molar-refractivity contribution in [2.24, 2.45) is 0 Å². The van der Waals surface area contributed by atoms with E-state index in [0.29, 0.717) is 0 Å². The molecule has 0 aliphatic rings. The predicted molar refractivity (Wildman–Crippen MR) is 296 cm³/mol. The van der Waals surface area contributed by atoms with Crippen LogP contribution in [0.1, 0.15) is 0 Å². The second-order valence-electron chi connectivity index (χ2n) is 18.2. The molecule has 0 fully saturated rings. The van der Waals surface area contributed by atoms with Crippen LogP contribution in [0.5, 0.6) is 0 Å². The van der Waals surface area contributed by atoms with Gasteiger partial charge in [-0.05, 0) is 87.0 Å². The summed E-state index contributed by atoms with van der Waals surface area (Å²) >= 11 is 0. The van der Waals surface area contributed by atoms with Crippen LogP contribution in [0.2, 0.25) is 0 Å². The lowest BCUT2D eigenvalue weighted by atomic mass is 10.1. The Kier molecular flexibility index (Phi) is 9.19. The SMILES string of the molecule is c1ccc([Si](c2ccccc2)(c2ccccc2)c2ccccc2-c2ccc(-n3c4ccccc4c4ccccc43)nc2-n2c3ccccc3c3cc(-n4c5ccccc5c5ccccc54)ccc32)cc1. The van der Waals surface area contributed by atoms with Crippen molar-refractivity contribution in [3.05, 3.63) is 267 Å². The Morgan fingerprint density at radius 2 is 0.657 bits per heavy atom. The summed E-state index contributed by atoms with van der Waals surface area (Å²) < 4.78 is 7.19. The highest BCUT2D eigenvalue weighted by atomic mass is 28.3. The molecule has 328 valence electrons. The van der Waals surface area contributed by atoms with Crippen LogP contribution in [0.15, 0.2) is 267 Å². The minimum Gasteiger partial charge on any atom is -0.309 e. The molecule has 4 aromatic heterocycles. The molecule has 4 nitrogen and oxygen atoms in total. The van der Waals surface area contributed by atoms with Gasteiger partial charge in [0.2, 0.25) is 0 Å². The first kappa shape index (κ1) is 40.1. The maximum atomic E-state index is 5.97. The number of nitrogens with zero attached hydrogens (tertiary/aromatic N) is 4. The largest absolute Gasteiger partial charge is 0.309 e. The third-order valence-electron chi connectivity index (χ3n) is 14.6. The van der Waals surface area contributed by atoms with E-state index in [9.17, 15) is 0 Å². The van der Waals surface area contributed by atoms with Gasteiger partial charge < -0.3 is 4.57 Å². The van der Waals surface area contributed by atoms with Crippen molar-refractivity contribution in [2.45, 2.75) is 0 Å². The van der Waals surface area contributed by atoms with Crippen molar-refractivity contribution in [1.82, 2.24) is 18.7 Å². The van der Waals surface area contributed by atoms with E-state index in [4.69, 9.17) is 4.98 Å². The van der Waals surface area contributed by atoms with E-state index >= 15 is 0 Å². The van der Waals surface area contributed by atoms with Gasteiger partial charge in [-0.3, -0.25) is 9.13 Å². The summed E-state index contributed by atoms with van der Waals surface area (Å²) in [5.41, 5.74) is 10.2. The minimum atomic E-state index is -3.01. The van der Waals surface area contributed by atoms with Crippen LogP contribution in [-0.2, 0) is 0 Å². The van der Waals surface area contributed by atoms with Gasteiger partial charge in [-0.15, -0.1) is 0 Å². The number of aromatic nitrogens is 4. The molecule has 5 heteroatoms. The van der Waals surface area contributed by atoms with Crippen LogP contribution < -0.4 is 20.7 Å². The molecule has 0 atom stereocenters. The number of benzene rings is 10. The summed E-state index contributed by atoms with van der Waals surface area (Å²) in [6.07, 6.45) is 0. The van der Waals surface area contributed by atoms with Gasteiger partial charge in [0, 0.05) is 43.6 Å². The van der Waals surface area contributed by atoms with Crippen LogP contribution >= 0.6 is 0 Å². The maximum absolute atomic E-state index is 5.97. The molecule has 0 radical (unpaired) electrons. The van der Waals surface area contributed by atoms with Crippen LogP contribution in [-0.4, -0.2) is 26.8 Å². The molecule has 0 saturated heterocycles. The lowest BCUT2D eigenvalue weighted by Crippen LogP contribution is -2.75. The standard InChI is InChI=1S/C65H44N4Si/c1-4-22-46(23-5-1)70(47-24-6-2-7-25-47,48-26-8-3-9-27-48)63-39-21-15-33-54(63)55-41-43-64(68-59-36-18-12-30-51(59)52-31-13-19-37-60(52)68)66-65(55)69-61-38-20-14-32-53(61)56-44-45(40-42-62(56)69)67-57-34-16-10-28-49(57)50-29-11-17-35-58(50)67/h1-44H. The van der Waals surface area contributed by atoms with Gasteiger partial charge in [0.15, 0.2) is 8.07 Å². The smallest absolute Gasteiger partial charge is 0.180 e. The molecule has 4 heterocycles. The highest BCUT2D eigenvalue weighted by Gasteiger charge is 2.43. The Hall–Kier alpha value is -9.03. The van der Waals surface area contributed by atoms with Crippen molar-refractivity contribution in [2.75, 3.05) is 0 Å². The zero-order valence-electron chi connectivity index (χ0n) is 38.2. The van der Waals surface area contributed by atoms with Crippen molar-refractivity contribution < 1.29 is 0 Å². The molecule has 0 unspecified atom stereocenters. The first-order valence-electron chi connectivity index (χ1n) is 24.1. The second-order valence-corrected chi connectivity index (χ2v) is 22.0. The van der Waals surface area contributed by atoms with Gasteiger partial charge in [0.05, 0.1) is 33.1 Å². The summed E-state index contributed by atoms with van der Waals surface area (Å²) in [4.78, 5) is 5.97. The molecule has 14 rings (SSSR count). The molecule has 0 aliphatic carbocycles. The lowest BCUT2D eigenvalue weighted by molar-refractivity contribution is 1.02. The van der Waals surface area contributed by atoms with Crippen molar-refractivity contribution in [3.8, 4) is 28.5 Å². The average Bonchev–Trinajstić information content (AvgIpc) is 4.08. The van der Waals surface area contributed by atoms with E-state index < -0.39 is 8.07 Å². The fraction of sp³-hybridized carbons (Fsp3) is 0. The number of fused-ring (bicyclic) bond motifs is 9. The van der Waals surface area contributed by atoms with E-state index in [1.165, 1.54) is 64.1 Å². The highest BCUT2D eigenvalue weighted by Crippen LogP contribution is 2.40. The van der Waals surface area contributed by atoms with Crippen LogP contribution in [0.25, 0.3) is 93.9 Å². The zero-order valence-corrected chi connectivity index (χ0v) is 39.2. The summed E-state index contributed by atoms with van der Waals surface area (Å²) in [7, 11) is -3.01. The molecule has 0 spiro atoms. The third kappa shape index (κ3) is 5.92. The molecule has 0 saturated carbocycles. The first-order valence-corrected chi connectivity index (χ1v) is 26.1. The van der Waals surface area contributed by atoms with Gasteiger partial charge in [-0.25, -0.2) is 4.98 Å². The van der Waals surface area contributed by atoms with Crippen LogP contribution in [0, 0.1) is 0 Å². The first-order chi connectivity index (χ1) is 34.8. The fourth-order valence-corrected chi connectivity index (χ4v) is 16.7. The molecule has 0 amide bonds. The topological polar surface area (TPSA) is 27.7 Å². The fourth-order valence-electron chi connectivity index (χ4n) is 11.7. The quantitative estimate of drug-likeness (QED) is 0.110. The number of pyridine rings is 1. The van der Waals surface area contributed by atoms with E-state index in [1.807, 2.05) is 0 Å². The lowest BCUT2D eigenvalue weighted by Gasteiger charge is -2.36. The van der Waals surface area contributed by atoms with Gasteiger partial charge in [0.1, 0.15) is 11.6 Å². The predicted octanol–water partition coefficient (Wildman–Crippen LogP) is 13.4. The second kappa shape index (κ2) is 16.1. The molecular formula is C65H44N4Si. The summed E-state index contributed by atoms with van der Waals surface area (Å²) in [6, 6.07) is 98.1. The Balaban J connectivity index is 1.10. The van der Waals surface area contributed by atoms with E-state index in [0.717, 1.165) is 50.5 Å². The van der Waals surface area contributed by atoms with Gasteiger partial charge in [-0.2, -0.15) is 0 Å². The average molecular weight is 909 g/mol. The van der Waals surface area contributed by atoms with Gasteiger partial charge in [0.25, 0.3) is 0 Å². The van der Waals surface area contributed by atoms with Crippen molar-refractivity contribution >= 4 is 94.2 Å². The van der Waals surface area contributed by atoms with Gasteiger partial charge in [-0.1, -0.05) is 206 Å². The van der Waals surface area contributed by atoms with E-state index in [2.05, 4.69) is 281 Å². The highest BCUT2D eigenvalue weighted by molar-refractivity contribution is 7.20. The molecule has 14 aromatic rings. The summed E-state index contributed by atoms with van der Waals surface area (Å²) in [6.45, 7) is 0. The third-order valence-corrected chi connectivity index (χ3v) is 19.5. The summed E-state index contributed by atoms with van der Waals surface area (Å²) in [5.74, 6) is 1.74. The van der Waals surface area contributed by atoms with Crippen LogP contribution in [0.3, 0.4) is 0 Å². The summed E-state index contributed by atoms with van der Waals surface area (Å²) in [5, 5.41) is 12.5. The Morgan fingerprint density at radius 1 is 0.271 bits per heavy atom.